The van der Waals surface area contributed by atoms with E-state index in [-0.39, 0.29) is 23.8 Å². The van der Waals surface area contributed by atoms with Crippen LogP contribution in [0.3, 0.4) is 0 Å². The van der Waals surface area contributed by atoms with Gasteiger partial charge in [-0.1, -0.05) is 26.0 Å². The minimum atomic E-state index is -0.234. The Morgan fingerprint density at radius 3 is 2.68 bits per heavy atom. The van der Waals surface area contributed by atoms with Gasteiger partial charge in [0.2, 0.25) is 11.8 Å². The molecule has 2 amide bonds. The van der Waals surface area contributed by atoms with Gasteiger partial charge in [0.25, 0.3) is 0 Å². The van der Waals surface area contributed by atoms with E-state index in [0.717, 1.165) is 44.6 Å². The molecule has 5 nitrogen and oxygen atoms in total. The second-order valence-corrected chi connectivity index (χ2v) is 7.15. The first-order valence-electron chi connectivity index (χ1n) is 9.52. The van der Waals surface area contributed by atoms with Gasteiger partial charge >= 0.3 is 0 Å². The van der Waals surface area contributed by atoms with E-state index in [9.17, 15) is 9.59 Å². The standard InChI is InChI=1S/C20H29N3O2/c1-3-15-6-5-7-18(12-15)23-14-16(13-19(23)24)20(25)21-17-8-10-22(4-2)11-9-17/h5-7,12,16-17H,3-4,8-11,13-14H2,1-2H3,(H,21,25)/t16-/m0/s1. The Labute approximate surface area is 150 Å². The summed E-state index contributed by atoms with van der Waals surface area (Å²) in [6.07, 6.45) is 3.26. The summed E-state index contributed by atoms with van der Waals surface area (Å²) < 4.78 is 0. The highest BCUT2D eigenvalue weighted by Gasteiger charge is 2.36. The zero-order valence-corrected chi connectivity index (χ0v) is 15.3. The molecule has 0 radical (unpaired) electrons. The summed E-state index contributed by atoms with van der Waals surface area (Å²) in [6.45, 7) is 7.92. The van der Waals surface area contributed by atoms with Crippen LogP contribution in [-0.4, -0.2) is 48.9 Å². The van der Waals surface area contributed by atoms with Gasteiger partial charge in [-0.3, -0.25) is 9.59 Å². The van der Waals surface area contributed by atoms with Crippen molar-refractivity contribution in [2.75, 3.05) is 31.1 Å². The molecule has 2 heterocycles. The van der Waals surface area contributed by atoms with Gasteiger partial charge in [0.1, 0.15) is 0 Å². The van der Waals surface area contributed by atoms with Crippen molar-refractivity contribution in [3.63, 3.8) is 0 Å². The molecule has 3 rings (SSSR count). The van der Waals surface area contributed by atoms with Gasteiger partial charge in [-0.05, 0) is 43.5 Å². The van der Waals surface area contributed by atoms with E-state index in [1.54, 1.807) is 4.90 Å². The molecule has 1 atom stereocenters. The number of piperidine rings is 1. The Morgan fingerprint density at radius 1 is 1.24 bits per heavy atom. The molecule has 1 N–H and O–H groups in total. The predicted octanol–water partition coefficient (Wildman–Crippen LogP) is 2.20. The molecule has 0 aromatic heterocycles. The van der Waals surface area contributed by atoms with Crippen molar-refractivity contribution >= 4 is 17.5 Å². The molecule has 25 heavy (non-hydrogen) atoms. The van der Waals surface area contributed by atoms with Crippen LogP contribution >= 0.6 is 0 Å². The van der Waals surface area contributed by atoms with Crippen LogP contribution in [0.2, 0.25) is 0 Å². The van der Waals surface area contributed by atoms with Crippen LogP contribution in [0.15, 0.2) is 24.3 Å². The highest BCUT2D eigenvalue weighted by atomic mass is 16.2. The van der Waals surface area contributed by atoms with Gasteiger partial charge in [-0.2, -0.15) is 0 Å². The Morgan fingerprint density at radius 2 is 2.00 bits per heavy atom. The van der Waals surface area contributed by atoms with E-state index in [0.29, 0.717) is 13.0 Å². The lowest BCUT2D eigenvalue weighted by Crippen LogP contribution is -2.46. The van der Waals surface area contributed by atoms with Crippen molar-refractivity contribution in [2.45, 2.75) is 45.6 Å². The first-order chi connectivity index (χ1) is 12.1. The summed E-state index contributed by atoms with van der Waals surface area (Å²) >= 11 is 0. The zero-order valence-electron chi connectivity index (χ0n) is 15.3. The Bertz CT molecular complexity index is 623. The number of likely N-dealkylation sites (tertiary alicyclic amines) is 1. The fraction of sp³-hybridized carbons (Fsp3) is 0.600. The largest absolute Gasteiger partial charge is 0.353 e. The summed E-state index contributed by atoms with van der Waals surface area (Å²) in [5.41, 5.74) is 2.12. The maximum Gasteiger partial charge on any atom is 0.227 e. The topological polar surface area (TPSA) is 52.7 Å². The predicted molar refractivity (Wildman–Crippen MR) is 99.6 cm³/mol. The highest BCUT2D eigenvalue weighted by Crippen LogP contribution is 2.26. The van der Waals surface area contributed by atoms with E-state index in [1.165, 1.54) is 5.56 Å². The zero-order chi connectivity index (χ0) is 17.8. The van der Waals surface area contributed by atoms with Crippen LogP contribution in [0, 0.1) is 5.92 Å². The van der Waals surface area contributed by atoms with Crippen molar-refractivity contribution in [3.05, 3.63) is 29.8 Å². The molecule has 2 aliphatic rings. The van der Waals surface area contributed by atoms with Crippen LogP contribution in [-0.2, 0) is 16.0 Å². The Kier molecular flexibility index (Phi) is 5.74. The van der Waals surface area contributed by atoms with Crippen LogP contribution < -0.4 is 10.2 Å². The fourth-order valence-electron chi connectivity index (χ4n) is 3.79. The average molecular weight is 343 g/mol. The number of carbonyl (C=O) groups is 2. The second-order valence-electron chi connectivity index (χ2n) is 7.15. The fourth-order valence-corrected chi connectivity index (χ4v) is 3.79. The van der Waals surface area contributed by atoms with Crippen molar-refractivity contribution in [1.82, 2.24) is 10.2 Å². The summed E-state index contributed by atoms with van der Waals surface area (Å²) in [5.74, 6) is -0.145. The third-order valence-electron chi connectivity index (χ3n) is 5.51. The lowest BCUT2D eigenvalue weighted by atomic mass is 10.0. The molecule has 5 heteroatoms. The smallest absolute Gasteiger partial charge is 0.227 e. The molecule has 136 valence electrons. The molecule has 1 aromatic carbocycles. The highest BCUT2D eigenvalue weighted by molar-refractivity contribution is 6.00. The van der Waals surface area contributed by atoms with Crippen LogP contribution in [0.4, 0.5) is 5.69 Å². The lowest BCUT2D eigenvalue weighted by Gasteiger charge is -2.32. The summed E-state index contributed by atoms with van der Waals surface area (Å²) in [4.78, 5) is 29.2. The summed E-state index contributed by atoms with van der Waals surface area (Å²) in [5, 5.41) is 3.18. The van der Waals surface area contributed by atoms with Crippen molar-refractivity contribution < 1.29 is 9.59 Å². The number of benzene rings is 1. The maximum atomic E-state index is 12.6. The molecular weight excluding hydrogens is 314 g/mol. The SMILES string of the molecule is CCc1cccc(N2C[C@@H](C(=O)NC3CCN(CC)CC3)CC2=O)c1. The number of aryl methyl sites for hydroxylation is 1. The van der Waals surface area contributed by atoms with Crippen molar-refractivity contribution in [3.8, 4) is 0 Å². The van der Waals surface area contributed by atoms with Gasteiger partial charge in [0.05, 0.1) is 5.92 Å². The molecule has 0 aliphatic carbocycles. The quantitative estimate of drug-likeness (QED) is 0.892. The third-order valence-corrected chi connectivity index (χ3v) is 5.51. The van der Waals surface area contributed by atoms with E-state index >= 15 is 0 Å². The molecule has 2 saturated heterocycles. The number of nitrogens with zero attached hydrogens (tertiary/aromatic N) is 2. The molecule has 2 aliphatic heterocycles. The van der Waals surface area contributed by atoms with Gasteiger partial charge in [0.15, 0.2) is 0 Å². The molecule has 0 bridgehead atoms. The number of nitrogens with one attached hydrogen (secondary N) is 1. The monoisotopic (exact) mass is 343 g/mol. The maximum absolute atomic E-state index is 12.6. The van der Waals surface area contributed by atoms with E-state index in [2.05, 4.69) is 36.2 Å². The van der Waals surface area contributed by atoms with E-state index in [1.807, 2.05) is 12.1 Å². The van der Waals surface area contributed by atoms with Crippen molar-refractivity contribution in [2.24, 2.45) is 5.92 Å². The number of hydrogen-bond donors (Lipinski definition) is 1. The molecule has 2 fully saturated rings. The number of rotatable bonds is 5. The van der Waals surface area contributed by atoms with Gasteiger partial charge in [-0.25, -0.2) is 0 Å². The summed E-state index contributed by atoms with van der Waals surface area (Å²) in [6, 6.07) is 8.31. The molecule has 0 unspecified atom stereocenters. The Hall–Kier alpha value is -1.88. The van der Waals surface area contributed by atoms with Crippen molar-refractivity contribution in [1.29, 1.82) is 0 Å². The molecule has 1 aromatic rings. The average Bonchev–Trinajstić information content (AvgIpc) is 3.04. The van der Waals surface area contributed by atoms with Crippen LogP contribution in [0.25, 0.3) is 0 Å². The molecule has 0 saturated carbocycles. The van der Waals surface area contributed by atoms with Gasteiger partial charge in [-0.15, -0.1) is 0 Å². The Balaban J connectivity index is 1.57. The minimum absolute atomic E-state index is 0.0393. The van der Waals surface area contributed by atoms with Crippen LogP contribution in [0.1, 0.15) is 38.7 Å². The minimum Gasteiger partial charge on any atom is -0.353 e. The number of hydrogen-bond acceptors (Lipinski definition) is 3. The summed E-state index contributed by atoms with van der Waals surface area (Å²) in [7, 11) is 0. The van der Waals surface area contributed by atoms with Crippen LogP contribution in [0.5, 0.6) is 0 Å². The first kappa shape index (κ1) is 17.9. The van der Waals surface area contributed by atoms with E-state index < -0.39 is 0 Å². The molecular formula is C20H29N3O2. The van der Waals surface area contributed by atoms with Gasteiger partial charge < -0.3 is 15.1 Å². The number of anilines is 1. The van der Waals surface area contributed by atoms with E-state index in [4.69, 9.17) is 0 Å². The van der Waals surface area contributed by atoms with Gasteiger partial charge in [0, 0.05) is 37.8 Å². The molecule has 0 spiro atoms. The first-order valence-corrected chi connectivity index (χ1v) is 9.52. The normalized spacial score (nSPS) is 22.4. The number of carbonyl (C=O) groups excluding carboxylic acids is 2. The third kappa shape index (κ3) is 4.21. The lowest BCUT2D eigenvalue weighted by molar-refractivity contribution is -0.127. The number of amides is 2. The second kappa shape index (κ2) is 8.00.